The van der Waals surface area contributed by atoms with Crippen molar-refractivity contribution in [1.82, 2.24) is 15.3 Å². The molecule has 2 aromatic rings. The zero-order valence-electron chi connectivity index (χ0n) is 12.0. The Morgan fingerprint density at radius 3 is 2.75 bits per heavy atom. The SMILES string of the molecule is CNc1cc(C(=O)NC(C)c2sc(C)nc2C)ccn1. The maximum atomic E-state index is 12.2. The Morgan fingerprint density at radius 2 is 2.15 bits per heavy atom. The molecule has 1 amide bonds. The van der Waals surface area contributed by atoms with Crippen LogP contribution in [0.2, 0.25) is 0 Å². The second-order valence-electron chi connectivity index (χ2n) is 4.56. The van der Waals surface area contributed by atoms with Gasteiger partial charge in [0.25, 0.3) is 5.91 Å². The van der Waals surface area contributed by atoms with Gasteiger partial charge in [0.2, 0.25) is 0 Å². The van der Waals surface area contributed by atoms with Crippen LogP contribution in [0, 0.1) is 13.8 Å². The summed E-state index contributed by atoms with van der Waals surface area (Å²) in [5, 5.41) is 6.93. The van der Waals surface area contributed by atoms with Crippen LogP contribution in [-0.4, -0.2) is 22.9 Å². The summed E-state index contributed by atoms with van der Waals surface area (Å²) in [4.78, 5) is 21.8. The van der Waals surface area contributed by atoms with Crippen molar-refractivity contribution in [3.8, 4) is 0 Å². The molecule has 0 fully saturated rings. The molecule has 0 saturated heterocycles. The van der Waals surface area contributed by atoms with E-state index in [2.05, 4.69) is 20.6 Å². The van der Waals surface area contributed by atoms with Gasteiger partial charge in [-0.05, 0) is 32.9 Å². The van der Waals surface area contributed by atoms with Gasteiger partial charge in [0.05, 0.1) is 16.7 Å². The van der Waals surface area contributed by atoms with E-state index in [0.29, 0.717) is 11.4 Å². The second kappa shape index (κ2) is 6.00. The van der Waals surface area contributed by atoms with Crippen LogP contribution in [0.25, 0.3) is 0 Å². The summed E-state index contributed by atoms with van der Waals surface area (Å²) < 4.78 is 0. The Balaban J connectivity index is 2.12. The molecular weight excluding hydrogens is 272 g/mol. The summed E-state index contributed by atoms with van der Waals surface area (Å²) in [5.74, 6) is 0.567. The molecule has 2 N–H and O–H groups in total. The maximum absolute atomic E-state index is 12.2. The van der Waals surface area contributed by atoms with E-state index in [1.165, 1.54) is 0 Å². The molecule has 2 heterocycles. The van der Waals surface area contributed by atoms with Crippen molar-refractivity contribution in [3.05, 3.63) is 39.5 Å². The summed E-state index contributed by atoms with van der Waals surface area (Å²) in [6, 6.07) is 3.38. The number of nitrogens with one attached hydrogen (secondary N) is 2. The zero-order valence-corrected chi connectivity index (χ0v) is 12.8. The van der Waals surface area contributed by atoms with Crippen LogP contribution in [0.4, 0.5) is 5.82 Å². The van der Waals surface area contributed by atoms with E-state index in [4.69, 9.17) is 0 Å². The smallest absolute Gasteiger partial charge is 0.251 e. The van der Waals surface area contributed by atoms with Crippen molar-refractivity contribution in [1.29, 1.82) is 0 Å². The van der Waals surface area contributed by atoms with E-state index in [1.807, 2.05) is 20.8 Å². The largest absolute Gasteiger partial charge is 0.373 e. The molecule has 0 aliphatic carbocycles. The number of amides is 1. The van der Waals surface area contributed by atoms with Crippen LogP contribution in [0.1, 0.15) is 38.9 Å². The van der Waals surface area contributed by atoms with Crippen LogP contribution < -0.4 is 10.6 Å². The highest BCUT2D eigenvalue weighted by Crippen LogP contribution is 2.24. The van der Waals surface area contributed by atoms with Gasteiger partial charge in [0.15, 0.2) is 0 Å². The van der Waals surface area contributed by atoms with Gasteiger partial charge in [0.1, 0.15) is 5.82 Å². The average Bonchev–Trinajstić information content (AvgIpc) is 2.77. The van der Waals surface area contributed by atoms with Gasteiger partial charge in [-0.1, -0.05) is 0 Å². The summed E-state index contributed by atoms with van der Waals surface area (Å²) in [6.45, 7) is 5.91. The van der Waals surface area contributed by atoms with Crippen LogP contribution >= 0.6 is 11.3 Å². The molecule has 106 valence electrons. The number of hydrogen-bond donors (Lipinski definition) is 2. The predicted molar refractivity (Wildman–Crippen MR) is 81.3 cm³/mol. The fourth-order valence-electron chi connectivity index (χ4n) is 2.00. The number of hydrogen-bond acceptors (Lipinski definition) is 5. The summed E-state index contributed by atoms with van der Waals surface area (Å²) >= 11 is 1.62. The van der Waals surface area contributed by atoms with Gasteiger partial charge >= 0.3 is 0 Å². The molecule has 0 saturated carbocycles. The summed E-state index contributed by atoms with van der Waals surface area (Å²) in [6.07, 6.45) is 1.62. The Hall–Kier alpha value is -1.95. The normalized spacial score (nSPS) is 12.0. The van der Waals surface area contributed by atoms with Crippen molar-refractivity contribution in [3.63, 3.8) is 0 Å². The fourth-order valence-corrected chi connectivity index (χ4v) is 2.93. The number of anilines is 1. The molecule has 2 rings (SSSR count). The summed E-state index contributed by atoms with van der Waals surface area (Å²) in [7, 11) is 1.77. The fraction of sp³-hybridized carbons (Fsp3) is 0.357. The van der Waals surface area contributed by atoms with Crippen molar-refractivity contribution >= 4 is 23.1 Å². The lowest BCUT2D eigenvalue weighted by Crippen LogP contribution is -2.26. The lowest BCUT2D eigenvalue weighted by molar-refractivity contribution is 0.0940. The number of rotatable bonds is 4. The molecule has 0 bridgehead atoms. The predicted octanol–water partition coefficient (Wildman–Crippen LogP) is 2.69. The second-order valence-corrected chi connectivity index (χ2v) is 5.79. The highest BCUT2D eigenvalue weighted by molar-refractivity contribution is 7.11. The molecule has 0 aromatic carbocycles. The molecule has 1 atom stereocenters. The molecule has 1 unspecified atom stereocenters. The maximum Gasteiger partial charge on any atom is 0.251 e. The lowest BCUT2D eigenvalue weighted by Gasteiger charge is -2.13. The molecule has 2 aromatic heterocycles. The molecule has 0 spiro atoms. The van der Waals surface area contributed by atoms with E-state index >= 15 is 0 Å². The molecule has 0 aliphatic heterocycles. The molecule has 0 radical (unpaired) electrons. The number of thiazole rings is 1. The third kappa shape index (κ3) is 3.14. The van der Waals surface area contributed by atoms with E-state index in [0.717, 1.165) is 15.6 Å². The Labute approximate surface area is 122 Å². The number of carbonyl (C=O) groups excluding carboxylic acids is 1. The monoisotopic (exact) mass is 290 g/mol. The minimum atomic E-state index is -0.109. The first-order chi connectivity index (χ1) is 9.51. The topological polar surface area (TPSA) is 66.9 Å². The number of aromatic nitrogens is 2. The number of aryl methyl sites for hydroxylation is 2. The molecule has 5 nitrogen and oxygen atoms in total. The van der Waals surface area contributed by atoms with Crippen molar-refractivity contribution < 1.29 is 4.79 Å². The van der Waals surface area contributed by atoms with Crippen LogP contribution in [0.5, 0.6) is 0 Å². The number of pyridine rings is 1. The average molecular weight is 290 g/mol. The highest BCUT2D eigenvalue weighted by atomic mass is 32.1. The third-order valence-corrected chi connectivity index (χ3v) is 4.21. The lowest BCUT2D eigenvalue weighted by atomic mass is 10.2. The standard InChI is InChI=1S/C14H18N4OS/c1-8-13(20-10(3)17-8)9(2)18-14(19)11-5-6-16-12(7-11)15-4/h5-7,9H,1-4H3,(H,15,16)(H,18,19). The van der Waals surface area contributed by atoms with Crippen LogP contribution in [-0.2, 0) is 0 Å². The molecular formula is C14H18N4OS. The van der Waals surface area contributed by atoms with Crippen molar-refractivity contribution in [2.75, 3.05) is 12.4 Å². The van der Waals surface area contributed by atoms with Crippen LogP contribution in [0.3, 0.4) is 0 Å². The van der Waals surface area contributed by atoms with Crippen molar-refractivity contribution in [2.24, 2.45) is 0 Å². The van der Waals surface area contributed by atoms with Crippen LogP contribution in [0.15, 0.2) is 18.3 Å². The zero-order chi connectivity index (χ0) is 14.7. The van der Waals surface area contributed by atoms with Gasteiger partial charge in [-0.2, -0.15) is 0 Å². The summed E-state index contributed by atoms with van der Waals surface area (Å²) in [5.41, 5.74) is 1.57. The van der Waals surface area contributed by atoms with E-state index in [1.54, 1.807) is 36.7 Å². The first kappa shape index (κ1) is 14.5. The van der Waals surface area contributed by atoms with E-state index in [9.17, 15) is 4.79 Å². The minimum absolute atomic E-state index is 0.0556. The van der Waals surface area contributed by atoms with Gasteiger partial charge in [-0.15, -0.1) is 11.3 Å². The minimum Gasteiger partial charge on any atom is -0.373 e. The Kier molecular flexibility index (Phi) is 4.34. The van der Waals surface area contributed by atoms with Crippen molar-refractivity contribution in [2.45, 2.75) is 26.8 Å². The highest BCUT2D eigenvalue weighted by Gasteiger charge is 2.16. The van der Waals surface area contributed by atoms with E-state index < -0.39 is 0 Å². The van der Waals surface area contributed by atoms with Gasteiger partial charge in [0, 0.05) is 23.7 Å². The molecule has 6 heteroatoms. The molecule has 0 aliphatic rings. The Bertz CT molecular complexity index is 623. The quantitative estimate of drug-likeness (QED) is 0.908. The van der Waals surface area contributed by atoms with Gasteiger partial charge in [-0.25, -0.2) is 9.97 Å². The molecule has 20 heavy (non-hydrogen) atoms. The van der Waals surface area contributed by atoms with Gasteiger partial charge < -0.3 is 10.6 Å². The third-order valence-electron chi connectivity index (χ3n) is 2.96. The number of nitrogens with zero attached hydrogens (tertiary/aromatic N) is 2. The number of carbonyl (C=O) groups is 1. The van der Waals surface area contributed by atoms with Gasteiger partial charge in [-0.3, -0.25) is 4.79 Å². The Morgan fingerprint density at radius 1 is 1.40 bits per heavy atom. The first-order valence-corrected chi connectivity index (χ1v) is 7.21. The van der Waals surface area contributed by atoms with E-state index in [-0.39, 0.29) is 11.9 Å². The first-order valence-electron chi connectivity index (χ1n) is 6.40.